The highest BCUT2D eigenvalue weighted by Gasteiger charge is 2.38. The molecule has 2 rings (SSSR count). The summed E-state index contributed by atoms with van der Waals surface area (Å²) in [5.41, 5.74) is -0.433. The third kappa shape index (κ3) is 5.77. The van der Waals surface area contributed by atoms with Gasteiger partial charge in [0.25, 0.3) is 0 Å². The fourth-order valence-electron chi connectivity index (χ4n) is 2.19. The number of hydrogen-bond donors (Lipinski definition) is 1. The number of benzene rings is 2. The van der Waals surface area contributed by atoms with Gasteiger partial charge in [0, 0.05) is 6.08 Å². The second-order valence-electron chi connectivity index (χ2n) is 5.68. The SMILES string of the molecule is CCCCOc1cccc(C(F)(F)Oc2ccc(/C=C/C(=O)O)cc2)c1F. The van der Waals surface area contributed by atoms with Crippen LogP contribution in [0.15, 0.2) is 48.5 Å². The van der Waals surface area contributed by atoms with Gasteiger partial charge in [-0.2, -0.15) is 8.78 Å². The lowest BCUT2D eigenvalue weighted by atomic mass is 10.1. The number of aliphatic carboxylic acids is 1. The molecule has 0 bridgehead atoms. The van der Waals surface area contributed by atoms with Crippen LogP contribution in [0.4, 0.5) is 13.2 Å². The minimum atomic E-state index is -3.91. The Kier molecular flexibility index (Phi) is 6.87. The highest BCUT2D eigenvalue weighted by Crippen LogP contribution is 2.36. The third-order valence-electron chi connectivity index (χ3n) is 3.58. The number of rotatable bonds is 9. The van der Waals surface area contributed by atoms with Crippen molar-refractivity contribution in [1.82, 2.24) is 0 Å². The van der Waals surface area contributed by atoms with Gasteiger partial charge in [0.1, 0.15) is 11.3 Å². The molecule has 7 heteroatoms. The van der Waals surface area contributed by atoms with Crippen molar-refractivity contribution in [2.24, 2.45) is 0 Å². The molecule has 2 aromatic rings. The largest absolute Gasteiger partial charge is 0.491 e. The highest BCUT2D eigenvalue weighted by molar-refractivity contribution is 5.85. The summed E-state index contributed by atoms with van der Waals surface area (Å²) in [4.78, 5) is 10.5. The lowest BCUT2D eigenvalue weighted by Crippen LogP contribution is -2.23. The second kappa shape index (κ2) is 9.12. The molecule has 2 aromatic carbocycles. The zero-order valence-corrected chi connectivity index (χ0v) is 14.6. The van der Waals surface area contributed by atoms with Gasteiger partial charge in [-0.15, -0.1) is 0 Å². The number of carbonyl (C=O) groups is 1. The van der Waals surface area contributed by atoms with Crippen LogP contribution < -0.4 is 9.47 Å². The zero-order valence-electron chi connectivity index (χ0n) is 14.6. The number of carboxylic acid groups (broad SMARTS) is 1. The summed E-state index contributed by atoms with van der Waals surface area (Å²) >= 11 is 0. The number of halogens is 3. The molecule has 0 saturated carbocycles. The van der Waals surface area contributed by atoms with Crippen LogP contribution in [0, 0.1) is 5.82 Å². The smallest absolute Gasteiger partial charge is 0.429 e. The molecule has 0 spiro atoms. The molecule has 4 nitrogen and oxygen atoms in total. The van der Waals surface area contributed by atoms with Crippen LogP contribution in [0.5, 0.6) is 11.5 Å². The van der Waals surface area contributed by atoms with Gasteiger partial charge in [0.2, 0.25) is 0 Å². The molecule has 0 aliphatic rings. The summed E-state index contributed by atoms with van der Waals surface area (Å²) in [5.74, 6) is -2.74. The first-order valence-corrected chi connectivity index (χ1v) is 8.33. The maximum atomic E-state index is 14.4. The average molecular weight is 380 g/mol. The van der Waals surface area contributed by atoms with Gasteiger partial charge in [0.15, 0.2) is 11.6 Å². The van der Waals surface area contributed by atoms with Crippen molar-refractivity contribution in [2.45, 2.75) is 25.9 Å². The molecule has 0 unspecified atom stereocenters. The zero-order chi connectivity index (χ0) is 19.9. The quantitative estimate of drug-likeness (QED) is 0.478. The van der Waals surface area contributed by atoms with Crippen LogP contribution in [0.25, 0.3) is 6.08 Å². The predicted octanol–water partition coefficient (Wildman–Crippen LogP) is 5.23. The summed E-state index contributed by atoms with van der Waals surface area (Å²) in [6, 6.07) is 8.80. The lowest BCUT2D eigenvalue weighted by molar-refractivity contribution is -0.187. The molecule has 0 radical (unpaired) electrons. The van der Waals surface area contributed by atoms with Crippen molar-refractivity contribution in [3.8, 4) is 11.5 Å². The fraction of sp³-hybridized carbons (Fsp3) is 0.250. The van der Waals surface area contributed by atoms with Crippen LogP contribution in [-0.4, -0.2) is 17.7 Å². The molecule has 0 heterocycles. The minimum absolute atomic E-state index is 0.191. The van der Waals surface area contributed by atoms with Crippen molar-refractivity contribution in [3.63, 3.8) is 0 Å². The van der Waals surface area contributed by atoms with Gasteiger partial charge in [-0.1, -0.05) is 31.5 Å². The monoisotopic (exact) mass is 380 g/mol. The van der Waals surface area contributed by atoms with Crippen LogP contribution in [0.2, 0.25) is 0 Å². The van der Waals surface area contributed by atoms with Gasteiger partial charge >= 0.3 is 12.1 Å². The molecular weight excluding hydrogens is 361 g/mol. The molecule has 0 fully saturated rings. The van der Waals surface area contributed by atoms with E-state index in [1.165, 1.54) is 42.5 Å². The lowest BCUT2D eigenvalue weighted by Gasteiger charge is -2.20. The van der Waals surface area contributed by atoms with Gasteiger partial charge < -0.3 is 14.6 Å². The van der Waals surface area contributed by atoms with Gasteiger partial charge in [-0.05, 0) is 42.3 Å². The van der Waals surface area contributed by atoms with Crippen molar-refractivity contribution in [3.05, 3.63) is 65.5 Å². The molecule has 27 heavy (non-hydrogen) atoms. The van der Waals surface area contributed by atoms with E-state index >= 15 is 0 Å². The summed E-state index contributed by atoms with van der Waals surface area (Å²) in [6.07, 6.45) is -0.172. The molecule has 0 aromatic heterocycles. The topological polar surface area (TPSA) is 55.8 Å². The first-order valence-electron chi connectivity index (χ1n) is 8.33. The standard InChI is InChI=1S/C20H19F3O4/c1-2-3-13-26-17-6-4-5-16(19(17)21)20(22,23)27-15-10-7-14(8-11-15)9-12-18(24)25/h4-12H,2-3,13H2,1H3,(H,24,25)/b12-9+. The van der Waals surface area contributed by atoms with Crippen LogP contribution in [0.1, 0.15) is 30.9 Å². The maximum Gasteiger partial charge on any atom is 0.429 e. The number of hydrogen-bond acceptors (Lipinski definition) is 3. The number of unbranched alkanes of at least 4 members (excludes halogenated alkanes) is 1. The predicted molar refractivity (Wildman–Crippen MR) is 94.4 cm³/mol. The normalized spacial score (nSPS) is 11.6. The van der Waals surface area contributed by atoms with E-state index in [0.717, 1.165) is 18.6 Å². The fourth-order valence-corrected chi connectivity index (χ4v) is 2.19. The Hall–Kier alpha value is -2.96. The first-order chi connectivity index (χ1) is 12.8. The first kappa shape index (κ1) is 20.4. The van der Waals surface area contributed by atoms with E-state index in [2.05, 4.69) is 4.74 Å². The minimum Gasteiger partial charge on any atom is -0.491 e. The molecule has 144 valence electrons. The van der Waals surface area contributed by atoms with Gasteiger partial charge in [0.05, 0.1) is 6.61 Å². The van der Waals surface area contributed by atoms with Crippen molar-refractivity contribution in [1.29, 1.82) is 0 Å². The van der Waals surface area contributed by atoms with E-state index < -0.39 is 23.5 Å². The molecule has 0 saturated heterocycles. The Morgan fingerprint density at radius 2 is 1.89 bits per heavy atom. The number of carboxylic acids is 1. The molecular formula is C20H19F3O4. The molecule has 0 aliphatic heterocycles. The van der Waals surface area contributed by atoms with E-state index in [1.54, 1.807) is 0 Å². The molecule has 0 atom stereocenters. The van der Waals surface area contributed by atoms with Crippen molar-refractivity contribution in [2.75, 3.05) is 6.61 Å². The van der Waals surface area contributed by atoms with Crippen LogP contribution in [-0.2, 0) is 10.9 Å². The Morgan fingerprint density at radius 3 is 2.52 bits per heavy atom. The summed E-state index contributed by atoms with van der Waals surface area (Å²) < 4.78 is 53.1. The Bertz CT molecular complexity index is 801. The Labute approximate surface area is 154 Å². The van der Waals surface area contributed by atoms with E-state index in [1.807, 2.05) is 6.92 Å². The highest BCUT2D eigenvalue weighted by atomic mass is 19.3. The number of alkyl halides is 2. The Balaban J connectivity index is 2.16. The van der Waals surface area contributed by atoms with E-state index in [-0.39, 0.29) is 18.1 Å². The summed E-state index contributed by atoms with van der Waals surface area (Å²) in [6.45, 7) is 2.16. The third-order valence-corrected chi connectivity index (χ3v) is 3.58. The van der Waals surface area contributed by atoms with E-state index in [4.69, 9.17) is 9.84 Å². The maximum absolute atomic E-state index is 14.4. The summed E-state index contributed by atoms with van der Waals surface area (Å²) in [5, 5.41) is 8.57. The Morgan fingerprint density at radius 1 is 1.19 bits per heavy atom. The van der Waals surface area contributed by atoms with Crippen molar-refractivity contribution >= 4 is 12.0 Å². The van der Waals surface area contributed by atoms with Gasteiger partial charge in [-0.25, -0.2) is 9.18 Å². The summed E-state index contributed by atoms with van der Waals surface area (Å²) in [7, 11) is 0. The van der Waals surface area contributed by atoms with Crippen molar-refractivity contribution < 1.29 is 32.5 Å². The number of ether oxygens (including phenoxy) is 2. The molecule has 0 amide bonds. The van der Waals surface area contributed by atoms with E-state index in [9.17, 15) is 18.0 Å². The molecule has 1 N–H and O–H groups in total. The van der Waals surface area contributed by atoms with Crippen LogP contribution in [0.3, 0.4) is 0 Å². The van der Waals surface area contributed by atoms with Gasteiger partial charge in [-0.3, -0.25) is 0 Å². The van der Waals surface area contributed by atoms with Crippen LogP contribution >= 0.6 is 0 Å². The second-order valence-corrected chi connectivity index (χ2v) is 5.68. The molecule has 0 aliphatic carbocycles. The van der Waals surface area contributed by atoms with E-state index in [0.29, 0.717) is 12.0 Å². The average Bonchev–Trinajstić information content (AvgIpc) is 2.62.